The van der Waals surface area contributed by atoms with Gasteiger partial charge in [0.1, 0.15) is 5.56 Å². The highest BCUT2D eigenvalue weighted by Crippen LogP contribution is 2.25. The number of hydrogen-bond acceptors (Lipinski definition) is 3. The summed E-state index contributed by atoms with van der Waals surface area (Å²) in [5.74, 6) is -0.145. The van der Waals surface area contributed by atoms with E-state index in [1.54, 1.807) is 6.07 Å². The molecule has 142 valence electrons. The van der Waals surface area contributed by atoms with Crippen LogP contribution in [0.2, 0.25) is 0 Å². The van der Waals surface area contributed by atoms with Crippen LogP contribution in [0.3, 0.4) is 0 Å². The van der Waals surface area contributed by atoms with Crippen LogP contribution in [0.4, 0.5) is 0 Å². The van der Waals surface area contributed by atoms with E-state index in [0.29, 0.717) is 19.1 Å². The molecule has 5 nitrogen and oxygen atoms in total. The Hall–Kier alpha value is -2.40. The molecular formula is C22H27N3O2. The zero-order valence-electron chi connectivity index (χ0n) is 16.1. The van der Waals surface area contributed by atoms with Gasteiger partial charge in [0.2, 0.25) is 0 Å². The van der Waals surface area contributed by atoms with Crippen LogP contribution in [0.1, 0.15) is 39.2 Å². The van der Waals surface area contributed by atoms with Gasteiger partial charge < -0.3 is 9.88 Å². The van der Waals surface area contributed by atoms with Crippen LogP contribution < -0.4 is 5.56 Å². The van der Waals surface area contributed by atoms with Crippen LogP contribution in [-0.4, -0.2) is 52.9 Å². The third kappa shape index (κ3) is 3.56. The Morgan fingerprint density at radius 3 is 2.52 bits per heavy atom. The van der Waals surface area contributed by atoms with Crippen molar-refractivity contribution < 1.29 is 4.79 Å². The van der Waals surface area contributed by atoms with E-state index in [9.17, 15) is 9.59 Å². The fourth-order valence-electron chi connectivity index (χ4n) is 4.34. The van der Waals surface area contributed by atoms with Crippen molar-refractivity contribution in [2.24, 2.45) is 0 Å². The summed E-state index contributed by atoms with van der Waals surface area (Å²) in [6.45, 7) is 6.89. The van der Waals surface area contributed by atoms with Gasteiger partial charge in [-0.05, 0) is 55.9 Å². The maximum absolute atomic E-state index is 12.8. The molecule has 1 unspecified atom stereocenters. The van der Waals surface area contributed by atoms with Crippen LogP contribution in [0.5, 0.6) is 0 Å². The molecule has 2 aliphatic rings. The third-order valence-corrected chi connectivity index (χ3v) is 6.17. The van der Waals surface area contributed by atoms with E-state index < -0.39 is 0 Å². The van der Waals surface area contributed by atoms with Gasteiger partial charge in [-0.3, -0.25) is 14.5 Å². The van der Waals surface area contributed by atoms with Gasteiger partial charge in [-0.2, -0.15) is 0 Å². The van der Waals surface area contributed by atoms with Crippen molar-refractivity contribution in [3.05, 3.63) is 68.6 Å². The van der Waals surface area contributed by atoms with Gasteiger partial charge in [0, 0.05) is 37.9 Å². The first-order valence-electron chi connectivity index (χ1n) is 9.83. The largest absolute Gasteiger partial charge is 0.336 e. The second-order valence-corrected chi connectivity index (χ2v) is 7.81. The molecule has 1 N–H and O–H groups in total. The molecule has 0 bridgehead atoms. The predicted octanol–water partition coefficient (Wildman–Crippen LogP) is 2.31. The molecule has 2 heterocycles. The number of fused-ring (bicyclic) bond motifs is 1. The Labute approximate surface area is 160 Å². The Kier molecular flexibility index (Phi) is 4.87. The maximum atomic E-state index is 12.8. The molecule has 4 rings (SSSR count). The van der Waals surface area contributed by atoms with Crippen LogP contribution in [-0.2, 0) is 12.8 Å². The molecule has 1 atom stereocenters. The minimum Gasteiger partial charge on any atom is -0.336 e. The normalized spacial score (nSPS) is 20.4. The van der Waals surface area contributed by atoms with Gasteiger partial charge in [-0.1, -0.05) is 24.3 Å². The number of nitrogens with one attached hydrogen (secondary N) is 1. The predicted molar refractivity (Wildman–Crippen MR) is 106 cm³/mol. The van der Waals surface area contributed by atoms with Gasteiger partial charge in [0.25, 0.3) is 11.5 Å². The van der Waals surface area contributed by atoms with E-state index in [0.717, 1.165) is 37.2 Å². The van der Waals surface area contributed by atoms with Gasteiger partial charge in [0.15, 0.2) is 0 Å². The van der Waals surface area contributed by atoms with E-state index in [1.165, 1.54) is 17.5 Å². The number of aryl methyl sites for hydroxylation is 3. The summed E-state index contributed by atoms with van der Waals surface area (Å²) in [6.07, 6.45) is 3.42. The summed E-state index contributed by atoms with van der Waals surface area (Å²) >= 11 is 0. The van der Waals surface area contributed by atoms with Gasteiger partial charge in [-0.15, -0.1) is 0 Å². The van der Waals surface area contributed by atoms with Crippen LogP contribution in [0, 0.1) is 13.8 Å². The Bertz CT molecular complexity index is 910. The lowest BCUT2D eigenvalue weighted by Gasteiger charge is -2.41. The minimum absolute atomic E-state index is 0.145. The van der Waals surface area contributed by atoms with Crippen LogP contribution >= 0.6 is 0 Å². The van der Waals surface area contributed by atoms with Crippen molar-refractivity contribution in [1.82, 2.24) is 14.8 Å². The van der Waals surface area contributed by atoms with E-state index in [4.69, 9.17) is 0 Å². The lowest BCUT2D eigenvalue weighted by atomic mass is 9.87. The quantitative estimate of drug-likeness (QED) is 0.889. The fourth-order valence-corrected chi connectivity index (χ4v) is 4.34. The molecule has 0 spiro atoms. The summed E-state index contributed by atoms with van der Waals surface area (Å²) in [5, 5.41) is 0. The maximum Gasteiger partial charge on any atom is 0.261 e. The fraction of sp³-hybridized carbons (Fsp3) is 0.455. The molecule has 27 heavy (non-hydrogen) atoms. The van der Waals surface area contributed by atoms with Crippen molar-refractivity contribution in [2.75, 3.05) is 26.2 Å². The van der Waals surface area contributed by atoms with Gasteiger partial charge in [0.05, 0.1) is 0 Å². The SMILES string of the molecule is Cc1cc(C(=O)N2CCN(C3CCc4ccccc4C3)CC2)c(=O)[nH]c1C. The summed E-state index contributed by atoms with van der Waals surface area (Å²) in [5.41, 5.74) is 4.69. The standard InChI is InChI=1S/C22H27N3O2/c1-15-13-20(21(26)23-16(15)2)22(27)25-11-9-24(10-12-25)19-8-7-17-5-3-4-6-18(17)14-19/h3-6,13,19H,7-12,14H2,1-2H3,(H,23,26). The number of hydrogen-bond donors (Lipinski definition) is 1. The third-order valence-electron chi connectivity index (χ3n) is 6.17. The van der Waals surface area contributed by atoms with Crippen molar-refractivity contribution in [2.45, 2.75) is 39.2 Å². The Morgan fingerprint density at radius 2 is 1.78 bits per heavy atom. The molecule has 1 fully saturated rings. The molecule has 1 saturated heterocycles. The monoisotopic (exact) mass is 365 g/mol. The molecular weight excluding hydrogens is 338 g/mol. The number of amides is 1. The lowest BCUT2D eigenvalue weighted by molar-refractivity contribution is 0.0551. The number of H-pyrrole nitrogens is 1. The zero-order valence-corrected chi connectivity index (χ0v) is 16.1. The molecule has 1 aliphatic carbocycles. The van der Waals surface area contributed by atoms with E-state index in [-0.39, 0.29) is 17.0 Å². The molecule has 1 aromatic carbocycles. The lowest BCUT2D eigenvalue weighted by Crippen LogP contribution is -2.53. The average Bonchev–Trinajstić information content (AvgIpc) is 2.70. The first kappa shape index (κ1) is 18.0. The average molecular weight is 365 g/mol. The topological polar surface area (TPSA) is 56.4 Å². The van der Waals surface area contributed by atoms with Crippen LogP contribution in [0.15, 0.2) is 35.1 Å². The minimum atomic E-state index is -0.283. The number of carbonyl (C=O) groups is 1. The summed E-state index contributed by atoms with van der Waals surface area (Å²) in [6, 6.07) is 11.0. The van der Waals surface area contributed by atoms with E-state index in [2.05, 4.69) is 34.1 Å². The van der Waals surface area contributed by atoms with Gasteiger partial charge >= 0.3 is 0 Å². The molecule has 5 heteroatoms. The zero-order chi connectivity index (χ0) is 19.0. The molecule has 2 aromatic rings. The number of aromatic amines is 1. The van der Waals surface area contributed by atoms with Gasteiger partial charge in [-0.25, -0.2) is 0 Å². The van der Waals surface area contributed by atoms with Crippen molar-refractivity contribution >= 4 is 5.91 Å². The number of pyridine rings is 1. The Balaban J connectivity index is 1.40. The molecule has 0 saturated carbocycles. The molecule has 1 aliphatic heterocycles. The molecule has 0 radical (unpaired) electrons. The molecule has 1 amide bonds. The number of aromatic nitrogens is 1. The second kappa shape index (κ2) is 7.31. The number of rotatable bonds is 2. The number of benzene rings is 1. The second-order valence-electron chi connectivity index (χ2n) is 7.81. The highest BCUT2D eigenvalue weighted by atomic mass is 16.2. The first-order chi connectivity index (χ1) is 13.0. The summed E-state index contributed by atoms with van der Waals surface area (Å²) in [4.78, 5) is 32.1. The number of nitrogens with zero attached hydrogens (tertiary/aromatic N) is 2. The van der Waals surface area contributed by atoms with Crippen molar-refractivity contribution in [1.29, 1.82) is 0 Å². The van der Waals surface area contributed by atoms with E-state index in [1.807, 2.05) is 18.7 Å². The first-order valence-corrected chi connectivity index (χ1v) is 9.83. The number of piperazine rings is 1. The highest BCUT2D eigenvalue weighted by molar-refractivity contribution is 5.94. The van der Waals surface area contributed by atoms with Crippen LogP contribution in [0.25, 0.3) is 0 Å². The van der Waals surface area contributed by atoms with Crippen molar-refractivity contribution in [3.8, 4) is 0 Å². The van der Waals surface area contributed by atoms with Crippen molar-refractivity contribution in [3.63, 3.8) is 0 Å². The smallest absolute Gasteiger partial charge is 0.261 e. The molecule has 1 aromatic heterocycles. The highest BCUT2D eigenvalue weighted by Gasteiger charge is 2.29. The van der Waals surface area contributed by atoms with E-state index >= 15 is 0 Å². The Morgan fingerprint density at radius 1 is 1.07 bits per heavy atom. The summed E-state index contributed by atoms with van der Waals surface area (Å²) in [7, 11) is 0. The number of carbonyl (C=O) groups excluding carboxylic acids is 1. The summed E-state index contributed by atoms with van der Waals surface area (Å²) < 4.78 is 0.